The lowest BCUT2D eigenvalue weighted by Gasteiger charge is -2.25. The fourth-order valence-electron chi connectivity index (χ4n) is 2.25. The molecule has 2 fully saturated rings. The third-order valence-corrected chi connectivity index (χ3v) is 5.48. The molecule has 2 aliphatic rings. The highest BCUT2D eigenvalue weighted by Gasteiger charge is 2.27. The predicted octanol–water partition coefficient (Wildman–Crippen LogP) is 0.125. The van der Waals surface area contributed by atoms with Crippen molar-refractivity contribution in [3.8, 4) is 0 Å². The molecule has 17 heavy (non-hydrogen) atoms. The van der Waals surface area contributed by atoms with E-state index < -0.39 is 9.84 Å². The molecule has 1 unspecified atom stereocenters. The van der Waals surface area contributed by atoms with Gasteiger partial charge in [0, 0.05) is 13.1 Å². The van der Waals surface area contributed by atoms with E-state index in [4.69, 9.17) is 5.73 Å². The molecule has 0 aromatic heterocycles. The Kier molecular flexibility index (Phi) is 3.91. The zero-order valence-electron chi connectivity index (χ0n) is 10.1. The van der Waals surface area contributed by atoms with E-state index in [0.29, 0.717) is 18.3 Å². The molecule has 1 aliphatic heterocycles. The zero-order valence-corrected chi connectivity index (χ0v) is 10.9. The van der Waals surface area contributed by atoms with Gasteiger partial charge in [0.05, 0.1) is 11.5 Å². The maximum absolute atomic E-state index is 11.3. The molecular weight excluding hydrogens is 238 g/mol. The molecule has 0 bridgehead atoms. The highest BCUT2D eigenvalue weighted by Crippen LogP contribution is 2.25. The molecule has 1 aliphatic carbocycles. The van der Waals surface area contributed by atoms with Crippen LogP contribution in [0.4, 0.5) is 0 Å². The highest BCUT2D eigenvalue weighted by molar-refractivity contribution is 7.91. The lowest BCUT2D eigenvalue weighted by molar-refractivity contribution is 0.315. The number of aliphatic imine (C=N–C) groups is 1. The van der Waals surface area contributed by atoms with Crippen LogP contribution in [-0.4, -0.2) is 39.0 Å². The SMILES string of the molecule is NC(=NCC1CCS(=O)(=O)C1)NCC1CCC1. The van der Waals surface area contributed by atoms with E-state index in [0.717, 1.165) is 18.9 Å². The van der Waals surface area contributed by atoms with Gasteiger partial charge in [0.25, 0.3) is 0 Å². The first-order chi connectivity index (χ1) is 8.05. The average molecular weight is 259 g/mol. The summed E-state index contributed by atoms with van der Waals surface area (Å²) in [6, 6.07) is 0. The molecule has 2 rings (SSSR count). The van der Waals surface area contributed by atoms with Gasteiger partial charge in [-0.25, -0.2) is 8.42 Å². The van der Waals surface area contributed by atoms with Crippen molar-refractivity contribution in [1.29, 1.82) is 0 Å². The van der Waals surface area contributed by atoms with Crippen molar-refractivity contribution in [1.82, 2.24) is 5.32 Å². The van der Waals surface area contributed by atoms with Crippen molar-refractivity contribution < 1.29 is 8.42 Å². The van der Waals surface area contributed by atoms with Crippen molar-refractivity contribution in [3.63, 3.8) is 0 Å². The summed E-state index contributed by atoms with van der Waals surface area (Å²) in [5.74, 6) is 1.94. The fourth-order valence-corrected chi connectivity index (χ4v) is 4.09. The lowest BCUT2D eigenvalue weighted by atomic mass is 9.85. The zero-order chi connectivity index (χ0) is 12.3. The summed E-state index contributed by atoms with van der Waals surface area (Å²) >= 11 is 0. The second-order valence-corrected chi connectivity index (χ2v) is 7.40. The van der Waals surface area contributed by atoms with Gasteiger partial charge in [0.15, 0.2) is 15.8 Å². The van der Waals surface area contributed by atoms with Crippen LogP contribution < -0.4 is 11.1 Å². The normalized spacial score (nSPS) is 28.9. The smallest absolute Gasteiger partial charge is 0.188 e. The van der Waals surface area contributed by atoms with Crippen molar-refractivity contribution in [3.05, 3.63) is 0 Å². The molecule has 3 N–H and O–H groups in total. The largest absolute Gasteiger partial charge is 0.370 e. The van der Waals surface area contributed by atoms with Crippen LogP contribution in [0, 0.1) is 11.8 Å². The van der Waals surface area contributed by atoms with E-state index in [1.807, 2.05) is 0 Å². The predicted molar refractivity (Wildman–Crippen MR) is 68.6 cm³/mol. The van der Waals surface area contributed by atoms with Gasteiger partial charge < -0.3 is 11.1 Å². The second-order valence-electron chi connectivity index (χ2n) is 5.17. The van der Waals surface area contributed by atoms with Crippen LogP contribution >= 0.6 is 0 Å². The summed E-state index contributed by atoms with van der Waals surface area (Å²) in [4.78, 5) is 4.22. The number of nitrogens with zero attached hydrogens (tertiary/aromatic N) is 1. The monoisotopic (exact) mass is 259 g/mol. The molecule has 98 valence electrons. The van der Waals surface area contributed by atoms with Crippen LogP contribution in [0.3, 0.4) is 0 Å². The second kappa shape index (κ2) is 5.25. The minimum atomic E-state index is -2.79. The maximum atomic E-state index is 11.3. The molecule has 0 aromatic carbocycles. The summed E-state index contributed by atoms with van der Waals surface area (Å²) in [6.45, 7) is 1.43. The Labute approximate surface area is 103 Å². The minimum Gasteiger partial charge on any atom is -0.370 e. The Balaban J connectivity index is 1.68. The van der Waals surface area contributed by atoms with Crippen molar-refractivity contribution in [2.24, 2.45) is 22.6 Å². The van der Waals surface area contributed by atoms with Gasteiger partial charge in [-0.05, 0) is 31.1 Å². The third kappa shape index (κ3) is 3.87. The summed E-state index contributed by atoms with van der Waals surface area (Å²) in [7, 11) is -2.79. The summed E-state index contributed by atoms with van der Waals surface area (Å²) in [6.07, 6.45) is 4.60. The van der Waals surface area contributed by atoms with Crippen molar-refractivity contribution in [2.45, 2.75) is 25.7 Å². The number of guanidine groups is 1. The van der Waals surface area contributed by atoms with Gasteiger partial charge >= 0.3 is 0 Å². The summed E-state index contributed by atoms with van der Waals surface area (Å²) < 4.78 is 22.5. The van der Waals surface area contributed by atoms with E-state index in [2.05, 4.69) is 10.3 Å². The van der Waals surface area contributed by atoms with E-state index in [1.165, 1.54) is 19.3 Å². The third-order valence-electron chi connectivity index (χ3n) is 3.64. The molecular formula is C11H21N3O2S. The molecule has 1 heterocycles. The quantitative estimate of drug-likeness (QED) is 0.555. The molecule has 1 saturated heterocycles. The molecule has 0 aromatic rings. The van der Waals surface area contributed by atoms with Gasteiger partial charge in [-0.3, -0.25) is 4.99 Å². The number of rotatable bonds is 4. The Morgan fingerprint density at radius 1 is 1.29 bits per heavy atom. The molecule has 6 heteroatoms. The van der Waals surface area contributed by atoms with Crippen LogP contribution in [0.15, 0.2) is 4.99 Å². The lowest BCUT2D eigenvalue weighted by Crippen LogP contribution is -2.37. The molecule has 0 radical (unpaired) electrons. The van der Waals surface area contributed by atoms with Crippen LogP contribution in [-0.2, 0) is 9.84 Å². The molecule has 1 saturated carbocycles. The summed E-state index contributed by atoms with van der Waals surface area (Å²) in [5.41, 5.74) is 5.74. The Hall–Kier alpha value is -0.780. The van der Waals surface area contributed by atoms with Gasteiger partial charge in [-0.15, -0.1) is 0 Å². The van der Waals surface area contributed by atoms with Gasteiger partial charge in [-0.2, -0.15) is 0 Å². The first kappa shape index (κ1) is 12.7. The van der Waals surface area contributed by atoms with Gasteiger partial charge in [0.1, 0.15) is 0 Å². The fraction of sp³-hybridized carbons (Fsp3) is 0.909. The molecule has 1 atom stereocenters. The van der Waals surface area contributed by atoms with E-state index in [1.54, 1.807) is 0 Å². The number of hydrogen-bond acceptors (Lipinski definition) is 3. The summed E-state index contributed by atoms with van der Waals surface area (Å²) in [5, 5.41) is 3.11. The number of nitrogens with two attached hydrogens (primary N) is 1. The van der Waals surface area contributed by atoms with Crippen LogP contribution in [0.25, 0.3) is 0 Å². The van der Waals surface area contributed by atoms with Crippen LogP contribution in [0.5, 0.6) is 0 Å². The first-order valence-corrected chi connectivity index (χ1v) is 8.11. The minimum absolute atomic E-state index is 0.157. The highest BCUT2D eigenvalue weighted by atomic mass is 32.2. The van der Waals surface area contributed by atoms with E-state index >= 15 is 0 Å². The topological polar surface area (TPSA) is 84.5 Å². The number of hydrogen-bond donors (Lipinski definition) is 2. The van der Waals surface area contributed by atoms with E-state index in [9.17, 15) is 8.42 Å². The Morgan fingerprint density at radius 2 is 2.06 bits per heavy atom. The molecule has 0 amide bonds. The van der Waals surface area contributed by atoms with E-state index in [-0.39, 0.29) is 11.7 Å². The average Bonchev–Trinajstić information content (AvgIpc) is 2.53. The maximum Gasteiger partial charge on any atom is 0.188 e. The Bertz CT molecular complexity index is 388. The number of nitrogens with one attached hydrogen (secondary N) is 1. The standard InChI is InChI=1S/C11H21N3O2S/c12-11(13-6-9-2-1-3-9)14-7-10-4-5-17(15,16)8-10/h9-10H,1-8H2,(H3,12,13,14). The van der Waals surface area contributed by atoms with Gasteiger partial charge in [-0.1, -0.05) is 6.42 Å². The van der Waals surface area contributed by atoms with Crippen molar-refractivity contribution in [2.75, 3.05) is 24.6 Å². The van der Waals surface area contributed by atoms with Gasteiger partial charge in [0.2, 0.25) is 0 Å². The van der Waals surface area contributed by atoms with Crippen LogP contribution in [0.2, 0.25) is 0 Å². The van der Waals surface area contributed by atoms with Crippen LogP contribution in [0.1, 0.15) is 25.7 Å². The first-order valence-electron chi connectivity index (χ1n) is 6.29. The van der Waals surface area contributed by atoms with Crippen molar-refractivity contribution >= 4 is 15.8 Å². The molecule has 0 spiro atoms. The molecule has 5 nitrogen and oxygen atoms in total. The Morgan fingerprint density at radius 3 is 2.59 bits per heavy atom. The number of sulfone groups is 1.